The first-order valence-electron chi connectivity index (χ1n) is 5.22. The van der Waals surface area contributed by atoms with Crippen LogP contribution in [0.1, 0.15) is 0 Å². The first-order valence-corrected chi connectivity index (χ1v) is 6.70. The van der Waals surface area contributed by atoms with Gasteiger partial charge in [-0.1, -0.05) is 6.07 Å². The Bertz CT molecular complexity index is 727. The van der Waals surface area contributed by atoms with Crippen molar-refractivity contribution < 1.29 is 13.3 Å². The molecule has 1 aromatic carbocycles. The maximum Gasteiger partial charge on any atom is 0.314 e. The fourth-order valence-corrected chi connectivity index (χ4v) is 2.72. The van der Waals surface area contributed by atoms with Gasteiger partial charge in [-0.2, -0.15) is 0 Å². The minimum Gasteiger partial charge on any atom is -0.330 e. The Morgan fingerprint density at radius 2 is 2.15 bits per heavy atom. The second-order valence-corrected chi connectivity index (χ2v) is 5.25. The molecule has 2 aromatic rings. The molecule has 11 heteroatoms. The van der Waals surface area contributed by atoms with Gasteiger partial charge in [0, 0.05) is 12.4 Å². The predicted molar refractivity (Wildman–Crippen MR) is 70.3 cm³/mol. The molecule has 0 saturated carbocycles. The molecule has 20 heavy (non-hydrogen) atoms. The zero-order valence-electron chi connectivity index (χ0n) is 9.90. The van der Waals surface area contributed by atoms with E-state index in [2.05, 4.69) is 20.1 Å². The lowest BCUT2D eigenvalue weighted by molar-refractivity contribution is -0.386. The van der Waals surface area contributed by atoms with Crippen molar-refractivity contribution in [3.8, 4) is 0 Å². The third-order valence-electron chi connectivity index (χ3n) is 2.36. The number of rotatable bonds is 5. The summed E-state index contributed by atoms with van der Waals surface area (Å²) in [4.78, 5) is 15.9. The minimum absolute atomic E-state index is 0.0505. The molecule has 106 valence electrons. The van der Waals surface area contributed by atoms with E-state index in [9.17, 15) is 18.5 Å². The first kappa shape index (κ1) is 13.8. The molecule has 0 aliphatic carbocycles. The standard InChI is InChI=1S/C9H10N6O4S/c10-13-6-2-1-3-7(8(6)15(16)17)20(18,19)14-9-11-4-5-12-9/h1-5,13H,10H2,(H2,11,12,14). The summed E-state index contributed by atoms with van der Waals surface area (Å²) in [7, 11) is -4.17. The van der Waals surface area contributed by atoms with Crippen molar-refractivity contribution in [1.82, 2.24) is 9.97 Å². The van der Waals surface area contributed by atoms with Crippen LogP contribution in [0.15, 0.2) is 35.5 Å². The summed E-state index contributed by atoms with van der Waals surface area (Å²) >= 11 is 0. The molecule has 1 aromatic heterocycles. The maximum absolute atomic E-state index is 12.1. The van der Waals surface area contributed by atoms with Crippen LogP contribution in [0.5, 0.6) is 0 Å². The van der Waals surface area contributed by atoms with Crippen molar-refractivity contribution in [1.29, 1.82) is 0 Å². The van der Waals surface area contributed by atoms with Crippen LogP contribution in [0, 0.1) is 10.1 Å². The maximum atomic E-state index is 12.1. The molecule has 0 aliphatic heterocycles. The lowest BCUT2D eigenvalue weighted by Crippen LogP contribution is -2.17. The Morgan fingerprint density at radius 3 is 2.70 bits per heavy atom. The molecule has 5 N–H and O–H groups in total. The molecule has 0 spiro atoms. The summed E-state index contributed by atoms with van der Waals surface area (Å²) in [6.07, 6.45) is 2.74. The van der Waals surface area contributed by atoms with E-state index in [-0.39, 0.29) is 11.6 Å². The number of para-hydroxylation sites is 1. The average Bonchev–Trinajstić information content (AvgIpc) is 2.89. The average molecular weight is 298 g/mol. The van der Waals surface area contributed by atoms with Crippen LogP contribution >= 0.6 is 0 Å². The Labute approximate surface area is 113 Å². The molecule has 0 amide bonds. The van der Waals surface area contributed by atoms with Gasteiger partial charge < -0.3 is 10.4 Å². The second kappa shape index (κ2) is 5.14. The van der Waals surface area contributed by atoms with Crippen LogP contribution in [-0.2, 0) is 10.0 Å². The summed E-state index contributed by atoms with van der Waals surface area (Å²) in [5.74, 6) is 5.10. The quantitative estimate of drug-likeness (QED) is 0.353. The number of aromatic nitrogens is 2. The number of nitrogen functional groups attached to an aromatic ring is 1. The minimum atomic E-state index is -4.17. The SMILES string of the molecule is NNc1cccc(S(=O)(=O)Nc2ncc[nH]2)c1[N+](=O)[O-]. The van der Waals surface area contributed by atoms with Crippen LogP contribution in [0.3, 0.4) is 0 Å². The Balaban J connectivity index is 2.54. The predicted octanol–water partition coefficient (Wildman–Crippen LogP) is 0.404. The van der Waals surface area contributed by atoms with Crippen LogP contribution in [0.25, 0.3) is 0 Å². The molecule has 0 unspecified atom stereocenters. The van der Waals surface area contributed by atoms with Crippen molar-refractivity contribution in [2.24, 2.45) is 5.84 Å². The van der Waals surface area contributed by atoms with E-state index in [0.29, 0.717) is 0 Å². The molecule has 0 atom stereocenters. The Morgan fingerprint density at radius 1 is 1.40 bits per heavy atom. The summed E-state index contributed by atoms with van der Waals surface area (Å²) < 4.78 is 26.4. The van der Waals surface area contributed by atoms with Gasteiger partial charge in [-0.05, 0) is 12.1 Å². The van der Waals surface area contributed by atoms with Crippen LogP contribution in [-0.4, -0.2) is 23.3 Å². The second-order valence-electron chi connectivity index (χ2n) is 3.60. The smallest absolute Gasteiger partial charge is 0.314 e. The molecule has 0 aliphatic rings. The van der Waals surface area contributed by atoms with E-state index >= 15 is 0 Å². The number of nitrogens with two attached hydrogens (primary N) is 1. The number of anilines is 2. The lowest BCUT2D eigenvalue weighted by Gasteiger charge is -2.08. The number of nitrogens with one attached hydrogen (secondary N) is 3. The van der Waals surface area contributed by atoms with Crippen molar-refractivity contribution >= 4 is 27.3 Å². The van der Waals surface area contributed by atoms with Gasteiger partial charge in [0.2, 0.25) is 5.95 Å². The van der Waals surface area contributed by atoms with E-state index < -0.39 is 25.5 Å². The van der Waals surface area contributed by atoms with Gasteiger partial charge in [-0.15, -0.1) is 0 Å². The molecule has 0 radical (unpaired) electrons. The fraction of sp³-hybridized carbons (Fsp3) is 0. The van der Waals surface area contributed by atoms with Crippen LogP contribution < -0.4 is 16.0 Å². The summed E-state index contributed by atoms with van der Waals surface area (Å²) in [5, 5.41) is 11.0. The molecule has 0 fully saturated rings. The highest BCUT2D eigenvalue weighted by Gasteiger charge is 2.29. The number of H-pyrrole nitrogens is 1. The third-order valence-corrected chi connectivity index (χ3v) is 3.73. The topological polar surface area (TPSA) is 156 Å². The molecule has 2 rings (SSSR count). The van der Waals surface area contributed by atoms with Gasteiger partial charge in [0.25, 0.3) is 10.0 Å². The number of hydrazine groups is 1. The molecule has 1 heterocycles. The van der Waals surface area contributed by atoms with Gasteiger partial charge in [-0.25, -0.2) is 18.1 Å². The summed E-state index contributed by atoms with van der Waals surface area (Å²) in [6.45, 7) is 0. The van der Waals surface area contributed by atoms with E-state index in [1.54, 1.807) is 0 Å². The highest BCUT2D eigenvalue weighted by molar-refractivity contribution is 7.92. The molecule has 0 bridgehead atoms. The summed E-state index contributed by atoms with van der Waals surface area (Å²) in [5.41, 5.74) is 1.33. The van der Waals surface area contributed by atoms with Gasteiger partial charge in [-0.3, -0.25) is 16.0 Å². The number of sulfonamides is 1. The Hall–Kier alpha value is -2.66. The number of nitro groups is 1. The van der Waals surface area contributed by atoms with Crippen LogP contribution in [0.2, 0.25) is 0 Å². The third kappa shape index (κ3) is 2.53. The highest BCUT2D eigenvalue weighted by Crippen LogP contribution is 2.31. The largest absolute Gasteiger partial charge is 0.330 e. The van der Waals surface area contributed by atoms with Gasteiger partial charge in [0.05, 0.1) is 4.92 Å². The first-order chi connectivity index (χ1) is 9.45. The van der Waals surface area contributed by atoms with E-state index in [4.69, 9.17) is 5.84 Å². The van der Waals surface area contributed by atoms with Crippen LogP contribution in [0.4, 0.5) is 17.3 Å². The number of nitro benzene ring substituents is 1. The zero-order valence-corrected chi connectivity index (χ0v) is 10.7. The van der Waals surface area contributed by atoms with E-state index in [0.717, 1.165) is 6.07 Å². The molecular formula is C9H10N6O4S. The zero-order chi connectivity index (χ0) is 14.8. The number of imidazole rings is 1. The highest BCUT2D eigenvalue weighted by atomic mass is 32.2. The molecule has 0 saturated heterocycles. The lowest BCUT2D eigenvalue weighted by atomic mass is 10.3. The van der Waals surface area contributed by atoms with E-state index in [1.807, 2.05) is 0 Å². The van der Waals surface area contributed by atoms with Crippen molar-refractivity contribution in [2.45, 2.75) is 4.90 Å². The number of benzene rings is 1. The van der Waals surface area contributed by atoms with Gasteiger partial charge >= 0.3 is 5.69 Å². The Kier molecular flexibility index (Phi) is 3.54. The normalized spacial score (nSPS) is 11.1. The van der Waals surface area contributed by atoms with Crippen molar-refractivity contribution in [2.75, 3.05) is 10.1 Å². The number of aromatic amines is 1. The van der Waals surface area contributed by atoms with Gasteiger partial charge in [0.15, 0.2) is 4.90 Å². The fourth-order valence-electron chi connectivity index (χ4n) is 1.55. The van der Waals surface area contributed by atoms with E-state index in [1.165, 1.54) is 24.5 Å². The number of hydrogen-bond acceptors (Lipinski definition) is 7. The molecular weight excluding hydrogens is 288 g/mol. The number of hydrogen-bond donors (Lipinski definition) is 4. The summed E-state index contributed by atoms with van der Waals surface area (Å²) in [6, 6.07) is 3.73. The van der Waals surface area contributed by atoms with Crippen molar-refractivity contribution in [3.05, 3.63) is 40.7 Å². The van der Waals surface area contributed by atoms with Gasteiger partial charge in [0.1, 0.15) is 5.69 Å². The van der Waals surface area contributed by atoms with Crippen molar-refractivity contribution in [3.63, 3.8) is 0 Å². The molecule has 10 nitrogen and oxygen atoms in total. The number of nitrogens with zero attached hydrogens (tertiary/aromatic N) is 2. The monoisotopic (exact) mass is 298 g/mol.